The van der Waals surface area contributed by atoms with Gasteiger partial charge in [0.1, 0.15) is 16.6 Å². The molecule has 0 radical (unpaired) electrons. The monoisotopic (exact) mass is 253 g/mol. The molecule has 2 aromatic heterocycles. The van der Waals surface area contributed by atoms with Crippen LogP contribution in [0.3, 0.4) is 0 Å². The fourth-order valence-electron chi connectivity index (χ4n) is 1.23. The third kappa shape index (κ3) is 2.85. The van der Waals surface area contributed by atoms with Crippen LogP contribution in [0.4, 0.5) is 4.39 Å². The molecule has 0 amide bonds. The molecule has 2 rings (SSSR count). The molecule has 4 nitrogen and oxygen atoms in total. The lowest BCUT2D eigenvalue weighted by molar-refractivity contribution is 0.0691. The van der Waals surface area contributed by atoms with E-state index in [1.165, 1.54) is 18.0 Å². The predicted octanol–water partition coefficient (Wildman–Crippen LogP) is 2.80. The van der Waals surface area contributed by atoms with E-state index >= 15 is 0 Å². The first-order chi connectivity index (χ1) is 8.16. The van der Waals surface area contributed by atoms with Crippen molar-refractivity contribution >= 4 is 17.7 Å². The average molecular weight is 253 g/mol. The number of hydrogen-bond donors (Lipinski definition) is 1. The lowest BCUT2D eigenvalue weighted by Crippen LogP contribution is -2.02. The normalized spacial score (nSPS) is 10.4. The Hall–Kier alpha value is -1.82. The Bertz CT molecular complexity index is 528. The number of aromatic nitrogens is 1. The van der Waals surface area contributed by atoms with Gasteiger partial charge in [-0.05, 0) is 18.2 Å². The Kier molecular flexibility index (Phi) is 3.43. The summed E-state index contributed by atoms with van der Waals surface area (Å²) in [7, 11) is 0. The van der Waals surface area contributed by atoms with Crippen LogP contribution in [0, 0.1) is 5.82 Å². The summed E-state index contributed by atoms with van der Waals surface area (Å²) in [5.41, 5.74) is -0.137. The summed E-state index contributed by atoms with van der Waals surface area (Å²) >= 11 is 1.19. The van der Waals surface area contributed by atoms with Gasteiger partial charge in [-0.1, -0.05) is 11.8 Å². The van der Waals surface area contributed by atoms with Crippen LogP contribution < -0.4 is 0 Å². The van der Waals surface area contributed by atoms with Gasteiger partial charge in [0.2, 0.25) is 0 Å². The van der Waals surface area contributed by atoms with Crippen molar-refractivity contribution in [3.8, 4) is 0 Å². The molecule has 2 aromatic rings. The van der Waals surface area contributed by atoms with Gasteiger partial charge in [0.05, 0.1) is 23.8 Å². The van der Waals surface area contributed by atoms with E-state index in [-0.39, 0.29) is 10.6 Å². The molecular formula is C11H8FNO3S. The lowest BCUT2D eigenvalue weighted by atomic mass is 10.3. The Morgan fingerprint density at radius 1 is 1.59 bits per heavy atom. The fraction of sp³-hybridized carbons (Fsp3) is 0.0909. The third-order valence-electron chi connectivity index (χ3n) is 1.98. The molecule has 0 aliphatic carbocycles. The van der Waals surface area contributed by atoms with Crippen molar-refractivity contribution in [2.75, 3.05) is 0 Å². The zero-order chi connectivity index (χ0) is 12.3. The highest BCUT2D eigenvalue weighted by Crippen LogP contribution is 2.24. The van der Waals surface area contributed by atoms with E-state index in [0.717, 1.165) is 12.3 Å². The third-order valence-corrected chi connectivity index (χ3v) is 3.01. The summed E-state index contributed by atoms with van der Waals surface area (Å²) < 4.78 is 18.0. The first-order valence-corrected chi connectivity index (χ1v) is 5.69. The van der Waals surface area contributed by atoms with E-state index in [2.05, 4.69) is 4.98 Å². The van der Waals surface area contributed by atoms with E-state index in [1.54, 1.807) is 12.1 Å². The molecule has 0 spiro atoms. The van der Waals surface area contributed by atoms with Crippen molar-refractivity contribution < 1.29 is 18.7 Å². The molecule has 6 heteroatoms. The van der Waals surface area contributed by atoms with Gasteiger partial charge in [-0.2, -0.15) is 0 Å². The number of pyridine rings is 1. The van der Waals surface area contributed by atoms with Crippen LogP contribution in [-0.4, -0.2) is 16.1 Å². The highest BCUT2D eigenvalue weighted by atomic mass is 32.2. The summed E-state index contributed by atoms with van der Waals surface area (Å²) in [6.07, 6.45) is 2.53. The number of furan rings is 1. The molecule has 17 heavy (non-hydrogen) atoms. The van der Waals surface area contributed by atoms with Gasteiger partial charge in [0.25, 0.3) is 0 Å². The second-order valence-corrected chi connectivity index (χ2v) is 4.14. The van der Waals surface area contributed by atoms with Crippen LogP contribution in [0.25, 0.3) is 0 Å². The minimum Gasteiger partial charge on any atom is -0.478 e. The van der Waals surface area contributed by atoms with E-state index in [0.29, 0.717) is 11.5 Å². The van der Waals surface area contributed by atoms with Crippen LogP contribution in [-0.2, 0) is 5.75 Å². The largest absolute Gasteiger partial charge is 0.478 e. The lowest BCUT2D eigenvalue weighted by Gasteiger charge is -2.03. The molecule has 2 heterocycles. The number of aromatic carboxylic acids is 1. The number of nitrogens with zero attached hydrogens (tertiary/aromatic N) is 1. The number of rotatable bonds is 4. The minimum atomic E-state index is -1.20. The second kappa shape index (κ2) is 5.01. The van der Waals surface area contributed by atoms with Crippen LogP contribution in [0.5, 0.6) is 0 Å². The Balaban J connectivity index is 2.17. The molecule has 0 unspecified atom stereocenters. The van der Waals surface area contributed by atoms with Gasteiger partial charge >= 0.3 is 5.97 Å². The Morgan fingerprint density at radius 3 is 3.06 bits per heavy atom. The maximum Gasteiger partial charge on any atom is 0.338 e. The second-order valence-electron chi connectivity index (χ2n) is 3.18. The summed E-state index contributed by atoms with van der Waals surface area (Å²) in [5.74, 6) is -0.701. The summed E-state index contributed by atoms with van der Waals surface area (Å²) in [6, 6.07) is 4.48. The highest BCUT2D eigenvalue weighted by molar-refractivity contribution is 7.98. The molecular weight excluding hydrogens is 245 g/mol. The summed E-state index contributed by atoms with van der Waals surface area (Å²) in [5, 5.41) is 9.18. The molecule has 88 valence electrons. The van der Waals surface area contributed by atoms with Gasteiger partial charge in [-0.3, -0.25) is 0 Å². The zero-order valence-electron chi connectivity index (χ0n) is 8.59. The molecule has 0 fully saturated rings. The van der Waals surface area contributed by atoms with E-state index in [1.807, 2.05) is 0 Å². The zero-order valence-corrected chi connectivity index (χ0v) is 9.41. The van der Waals surface area contributed by atoms with Gasteiger partial charge < -0.3 is 9.52 Å². The number of halogens is 1. The number of carboxylic acids is 1. The highest BCUT2D eigenvalue weighted by Gasteiger charge is 2.13. The van der Waals surface area contributed by atoms with E-state index < -0.39 is 11.8 Å². The van der Waals surface area contributed by atoms with Crippen LogP contribution in [0.1, 0.15) is 16.1 Å². The van der Waals surface area contributed by atoms with E-state index in [9.17, 15) is 9.18 Å². The van der Waals surface area contributed by atoms with Gasteiger partial charge in [0.15, 0.2) is 0 Å². The molecule has 0 atom stereocenters. The minimum absolute atomic E-state index is 0.137. The molecule has 1 N–H and O–H groups in total. The first kappa shape index (κ1) is 11.7. The molecule has 0 aliphatic heterocycles. The predicted molar refractivity (Wildman–Crippen MR) is 59.4 cm³/mol. The first-order valence-electron chi connectivity index (χ1n) is 4.71. The Morgan fingerprint density at radius 2 is 2.41 bits per heavy atom. The standard InChI is InChI=1S/C11H8FNO3S/c12-7-4-9(11(14)15)10(13-5-7)17-6-8-2-1-3-16-8/h1-5H,6H2,(H,14,15). The SMILES string of the molecule is O=C(O)c1cc(F)cnc1SCc1ccco1. The van der Waals surface area contributed by atoms with Gasteiger partial charge in [0, 0.05) is 0 Å². The maximum atomic E-state index is 12.9. The van der Waals surface area contributed by atoms with Crippen molar-refractivity contribution in [2.45, 2.75) is 10.8 Å². The van der Waals surface area contributed by atoms with Crippen molar-refractivity contribution in [3.05, 3.63) is 47.8 Å². The number of carbonyl (C=O) groups is 1. The molecule has 0 saturated heterocycles. The fourth-order valence-corrected chi connectivity index (χ4v) is 2.10. The van der Waals surface area contributed by atoms with Crippen LogP contribution >= 0.6 is 11.8 Å². The number of carboxylic acid groups (broad SMARTS) is 1. The van der Waals surface area contributed by atoms with Crippen molar-refractivity contribution in [2.24, 2.45) is 0 Å². The quantitative estimate of drug-likeness (QED) is 0.849. The smallest absolute Gasteiger partial charge is 0.338 e. The van der Waals surface area contributed by atoms with Crippen LogP contribution in [0.15, 0.2) is 40.1 Å². The van der Waals surface area contributed by atoms with Gasteiger partial charge in [-0.15, -0.1) is 0 Å². The van der Waals surface area contributed by atoms with Gasteiger partial charge in [-0.25, -0.2) is 14.2 Å². The number of hydrogen-bond acceptors (Lipinski definition) is 4. The molecule has 0 aromatic carbocycles. The van der Waals surface area contributed by atoms with Crippen molar-refractivity contribution in [1.82, 2.24) is 4.98 Å². The topological polar surface area (TPSA) is 63.3 Å². The van der Waals surface area contributed by atoms with Crippen molar-refractivity contribution in [3.63, 3.8) is 0 Å². The molecule has 0 saturated carbocycles. The van der Waals surface area contributed by atoms with Crippen LogP contribution in [0.2, 0.25) is 0 Å². The summed E-state index contributed by atoms with van der Waals surface area (Å²) in [4.78, 5) is 14.7. The average Bonchev–Trinajstić information content (AvgIpc) is 2.80. The number of thioether (sulfide) groups is 1. The molecule has 0 aliphatic rings. The van der Waals surface area contributed by atoms with Crippen molar-refractivity contribution in [1.29, 1.82) is 0 Å². The molecule has 0 bridgehead atoms. The maximum absolute atomic E-state index is 12.9. The van der Waals surface area contributed by atoms with E-state index in [4.69, 9.17) is 9.52 Å². The summed E-state index contributed by atoms with van der Waals surface area (Å²) in [6.45, 7) is 0. The Labute approximate surface area is 100 Å².